The summed E-state index contributed by atoms with van der Waals surface area (Å²) < 4.78 is 8.18. The molecule has 0 amide bonds. The second kappa shape index (κ2) is 8.58. The Kier molecular flexibility index (Phi) is 5.58. The fourth-order valence-corrected chi connectivity index (χ4v) is 4.29. The standard InChI is InChI=1S/C28H20N3O2.Pt/c1-17-15-19-10-13-26(30-27(19)28(32)18(17)2)33-20-11-12-22-21-7-3-4-8-23(21)31(24(22)16-20)25-9-5-6-14-29-25;/h3-15,32H,1-2H3;/q-1;. The van der Waals surface area contributed by atoms with E-state index in [4.69, 9.17) is 4.74 Å². The predicted molar refractivity (Wildman–Crippen MR) is 130 cm³/mol. The minimum Gasteiger partial charge on any atom is -0.505 e. The third-order valence-electron chi connectivity index (χ3n) is 6.09. The molecule has 3 heterocycles. The zero-order valence-electron chi connectivity index (χ0n) is 18.5. The minimum atomic E-state index is 0. The SMILES string of the molecule is Cc1cc2ccc(Oc3[c-]c4c(cc3)c3ccccc3n4-c3ccccn3)nc2c(O)c1C.[Pt]. The van der Waals surface area contributed by atoms with Crippen molar-refractivity contribution < 1.29 is 30.9 Å². The normalized spacial score (nSPS) is 11.1. The molecule has 6 rings (SSSR count). The molecule has 5 nitrogen and oxygen atoms in total. The van der Waals surface area contributed by atoms with Gasteiger partial charge in [0.1, 0.15) is 17.1 Å². The molecular formula is C28H20N3O2Pt-. The van der Waals surface area contributed by atoms with Crippen molar-refractivity contribution in [1.82, 2.24) is 14.5 Å². The van der Waals surface area contributed by atoms with Crippen LogP contribution in [0.15, 0.2) is 79.0 Å². The van der Waals surface area contributed by atoms with Gasteiger partial charge in [-0.05, 0) is 60.7 Å². The third-order valence-corrected chi connectivity index (χ3v) is 6.09. The van der Waals surface area contributed by atoms with E-state index in [9.17, 15) is 5.11 Å². The van der Waals surface area contributed by atoms with Crippen LogP contribution in [0.3, 0.4) is 0 Å². The number of pyridine rings is 2. The van der Waals surface area contributed by atoms with E-state index in [1.807, 2.05) is 74.5 Å². The van der Waals surface area contributed by atoms with Gasteiger partial charge in [-0.2, -0.15) is 6.07 Å². The van der Waals surface area contributed by atoms with Gasteiger partial charge in [-0.15, -0.1) is 17.5 Å². The zero-order valence-corrected chi connectivity index (χ0v) is 20.8. The molecule has 0 aliphatic heterocycles. The molecule has 6 heteroatoms. The molecular weight excluding hydrogens is 605 g/mol. The molecule has 3 aromatic carbocycles. The first kappa shape index (κ1) is 22.1. The molecule has 0 aliphatic carbocycles. The van der Waals surface area contributed by atoms with E-state index in [1.54, 1.807) is 6.20 Å². The molecule has 0 spiro atoms. The van der Waals surface area contributed by atoms with Crippen LogP contribution in [-0.4, -0.2) is 19.6 Å². The van der Waals surface area contributed by atoms with E-state index in [-0.39, 0.29) is 26.8 Å². The van der Waals surface area contributed by atoms with Gasteiger partial charge in [0.2, 0.25) is 5.88 Å². The van der Waals surface area contributed by atoms with E-state index in [0.717, 1.165) is 44.1 Å². The average molecular weight is 626 g/mol. The first-order chi connectivity index (χ1) is 16.1. The number of rotatable bonds is 3. The number of ether oxygens (including phenoxy) is 1. The summed E-state index contributed by atoms with van der Waals surface area (Å²) in [7, 11) is 0. The maximum Gasteiger partial charge on any atom is 0.217 e. The maximum absolute atomic E-state index is 10.6. The van der Waals surface area contributed by atoms with Gasteiger partial charge in [-0.3, -0.25) is 0 Å². The van der Waals surface area contributed by atoms with Gasteiger partial charge < -0.3 is 14.4 Å². The van der Waals surface area contributed by atoms with Gasteiger partial charge in [0.15, 0.2) is 0 Å². The van der Waals surface area contributed by atoms with Crippen LogP contribution in [-0.2, 0) is 21.1 Å². The molecule has 0 radical (unpaired) electrons. The Balaban J connectivity index is 0.00000241. The molecule has 0 fully saturated rings. The van der Waals surface area contributed by atoms with Gasteiger partial charge >= 0.3 is 0 Å². The molecule has 1 N–H and O–H groups in total. The Morgan fingerprint density at radius 3 is 2.56 bits per heavy atom. The second-order valence-electron chi connectivity index (χ2n) is 8.12. The monoisotopic (exact) mass is 625 g/mol. The fraction of sp³-hybridized carbons (Fsp3) is 0.0714. The number of benzene rings is 3. The summed E-state index contributed by atoms with van der Waals surface area (Å²) in [4.78, 5) is 9.12. The molecule has 0 atom stereocenters. The molecule has 34 heavy (non-hydrogen) atoms. The smallest absolute Gasteiger partial charge is 0.217 e. The van der Waals surface area contributed by atoms with E-state index >= 15 is 0 Å². The molecule has 3 aromatic heterocycles. The Labute approximate surface area is 210 Å². The Hall–Kier alpha value is -3.69. The number of fused-ring (bicyclic) bond motifs is 4. The number of hydrogen-bond acceptors (Lipinski definition) is 4. The van der Waals surface area contributed by atoms with Crippen molar-refractivity contribution >= 4 is 32.7 Å². The number of aromatic nitrogens is 3. The topological polar surface area (TPSA) is 60.2 Å². The van der Waals surface area contributed by atoms with Crippen molar-refractivity contribution in [2.24, 2.45) is 0 Å². The van der Waals surface area contributed by atoms with Gasteiger partial charge in [-0.25, -0.2) is 9.97 Å². The van der Waals surface area contributed by atoms with E-state index in [1.165, 1.54) is 0 Å². The largest absolute Gasteiger partial charge is 0.505 e. The summed E-state index contributed by atoms with van der Waals surface area (Å²) in [5.41, 5.74) is 4.30. The maximum atomic E-state index is 10.6. The van der Waals surface area contributed by atoms with Crippen molar-refractivity contribution in [1.29, 1.82) is 0 Å². The van der Waals surface area contributed by atoms with Gasteiger partial charge in [0, 0.05) is 50.0 Å². The van der Waals surface area contributed by atoms with E-state index in [0.29, 0.717) is 17.1 Å². The van der Waals surface area contributed by atoms with E-state index in [2.05, 4.69) is 32.7 Å². The van der Waals surface area contributed by atoms with E-state index < -0.39 is 0 Å². The summed E-state index contributed by atoms with van der Waals surface area (Å²) in [6.45, 7) is 3.86. The third kappa shape index (κ3) is 3.53. The molecule has 0 unspecified atom stereocenters. The van der Waals surface area contributed by atoms with Crippen molar-refractivity contribution in [3.05, 3.63) is 96.2 Å². The average Bonchev–Trinajstić information content (AvgIpc) is 3.17. The first-order valence-corrected chi connectivity index (χ1v) is 10.7. The minimum absolute atomic E-state index is 0. The van der Waals surface area contributed by atoms with Crippen LogP contribution >= 0.6 is 0 Å². The van der Waals surface area contributed by atoms with Crippen LogP contribution < -0.4 is 4.74 Å². The molecule has 0 saturated heterocycles. The number of para-hydroxylation sites is 1. The van der Waals surface area contributed by atoms with Gasteiger partial charge in [0.05, 0.1) is 0 Å². The van der Waals surface area contributed by atoms with Crippen LogP contribution in [0.25, 0.3) is 38.5 Å². The summed E-state index contributed by atoms with van der Waals surface area (Å²) in [5.74, 6) is 1.94. The van der Waals surface area contributed by atoms with Crippen molar-refractivity contribution in [2.75, 3.05) is 0 Å². The van der Waals surface area contributed by atoms with Gasteiger partial charge in [-0.1, -0.05) is 29.8 Å². The van der Waals surface area contributed by atoms with Crippen molar-refractivity contribution in [3.8, 4) is 23.2 Å². The van der Waals surface area contributed by atoms with Crippen molar-refractivity contribution in [2.45, 2.75) is 13.8 Å². The zero-order chi connectivity index (χ0) is 22.5. The molecule has 0 saturated carbocycles. The number of aryl methyl sites for hydroxylation is 1. The van der Waals surface area contributed by atoms with Crippen LogP contribution in [0, 0.1) is 19.9 Å². The summed E-state index contributed by atoms with van der Waals surface area (Å²) in [6.07, 6.45) is 1.78. The molecule has 0 aliphatic rings. The van der Waals surface area contributed by atoms with Crippen LogP contribution in [0.4, 0.5) is 0 Å². The summed E-state index contributed by atoms with van der Waals surface area (Å²) >= 11 is 0. The van der Waals surface area contributed by atoms with Gasteiger partial charge in [0.25, 0.3) is 0 Å². The first-order valence-electron chi connectivity index (χ1n) is 10.7. The number of phenols is 1. The quantitative estimate of drug-likeness (QED) is 0.224. The second-order valence-corrected chi connectivity index (χ2v) is 8.12. The Morgan fingerprint density at radius 2 is 1.74 bits per heavy atom. The Morgan fingerprint density at radius 1 is 0.912 bits per heavy atom. The van der Waals surface area contributed by atoms with Crippen LogP contribution in [0.2, 0.25) is 0 Å². The molecule has 170 valence electrons. The number of phenolic OH excluding ortho intramolecular Hbond substituents is 1. The summed E-state index contributed by atoms with van der Waals surface area (Å²) in [6, 6.07) is 27.2. The fourth-order valence-electron chi connectivity index (χ4n) is 4.29. The van der Waals surface area contributed by atoms with Crippen LogP contribution in [0.5, 0.6) is 17.4 Å². The number of nitrogens with zero attached hydrogens (tertiary/aromatic N) is 3. The Bertz CT molecular complexity index is 1680. The predicted octanol–water partition coefficient (Wildman–Crippen LogP) is 6.64. The van der Waals surface area contributed by atoms with Crippen LogP contribution in [0.1, 0.15) is 11.1 Å². The summed E-state index contributed by atoms with van der Waals surface area (Å²) in [5, 5.41) is 13.6. The number of hydrogen-bond donors (Lipinski definition) is 1. The molecule has 6 aromatic rings. The molecule has 0 bridgehead atoms. The number of aromatic hydroxyl groups is 1. The van der Waals surface area contributed by atoms with Crippen molar-refractivity contribution in [3.63, 3.8) is 0 Å².